The van der Waals surface area contributed by atoms with Crippen molar-refractivity contribution in [2.45, 2.75) is 37.8 Å². The molecular weight excluding hydrogens is 307 g/mol. The summed E-state index contributed by atoms with van der Waals surface area (Å²) in [6.07, 6.45) is 5.35. The molecular formula is C11H16BrClN2O2. The van der Waals surface area contributed by atoms with E-state index < -0.39 is 0 Å². The predicted molar refractivity (Wildman–Crippen MR) is 71.4 cm³/mol. The van der Waals surface area contributed by atoms with Crippen LogP contribution in [0.15, 0.2) is 21.2 Å². The van der Waals surface area contributed by atoms with Crippen molar-refractivity contribution in [3.8, 4) is 0 Å². The van der Waals surface area contributed by atoms with Crippen LogP contribution in [0.2, 0.25) is 0 Å². The Hall–Kier alpha value is -0.520. The monoisotopic (exact) mass is 322 g/mol. The van der Waals surface area contributed by atoms with Gasteiger partial charge < -0.3 is 15.5 Å². The molecule has 1 saturated carbocycles. The van der Waals surface area contributed by atoms with Crippen molar-refractivity contribution in [3.63, 3.8) is 0 Å². The van der Waals surface area contributed by atoms with Crippen LogP contribution in [0.1, 0.15) is 36.2 Å². The lowest BCUT2D eigenvalue weighted by atomic mass is 9.92. The lowest BCUT2D eigenvalue weighted by Crippen LogP contribution is -2.40. The standard InChI is InChI=1S/C11H15BrN2O2.ClH/c12-9-5-6-16-10(9)11(15)14-8-3-1-7(13)2-4-8;/h5-8H,1-4,13H2,(H,14,15);1H. The molecule has 1 aliphatic carbocycles. The van der Waals surface area contributed by atoms with Crippen molar-refractivity contribution in [2.24, 2.45) is 5.73 Å². The zero-order chi connectivity index (χ0) is 11.5. The normalized spacial score (nSPS) is 23.9. The average Bonchev–Trinajstić information content (AvgIpc) is 2.68. The third-order valence-electron chi connectivity index (χ3n) is 2.93. The van der Waals surface area contributed by atoms with Gasteiger partial charge in [-0.2, -0.15) is 0 Å². The minimum Gasteiger partial charge on any atom is -0.458 e. The Morgan fingerprint density at radius 1 is 1.41 bits per heavy atom. The second kappa shape index (κ2) is 6.42. The summed E-state index contributed by atoms with van der Waals surface area (Å²) < 4.78 is 5.80. The number of carbonyl (C=O) groups is 1. The molecule has 1 heterocycles. The maximum absolute atomic E-state index is 11.8. The molecule has 1 aromatic heterocycles. The van der Waals surface area contributed by atoms with Gasteiger partial charge in [-0.25, -0.2) is 0 Å². The van der Waals surface area contributed by atoms with Crippen LogP contribution in [0.4, 0.5) is 0 Å². The summed E-state index contributed by atoms with van der Waals surface area (Å²) in [5.41, 5.74) is 5.81. The first-order valence-electron chi connectivity index (χ1n) is 5.46. The summed E-state index contributed by atoms with van der Waals surface area (Å²) in [5.74, 6) is 0.187. The van der Waals surface area contributed by atoms with Gasteiger partial charge in [0.25, 0.3) is 5.91 Å². The minimum atomic E-state index is -0.155. The van der Waals surface area contributed by atoms with Crippen molar-refractivity contribution >= 4 is 34.2 Å². The highest BCUT2D eigenvalue weighted by molar-refractivity contribution is 9.10. The molecule has 1 aliphatic rings. The van der Waals surface area contributed by atoms with Gasteiger partial charge >= 0.3 is 0 Å². The van der Waals surface area contributed by atoms with Crippen LogP contribution < -0.4 is 11.1 Å². The quantitative estimate of drug-likeness (QED) is 0.878. The maximum atomic E-state index is 11.8. The molecule has 0 bridgehead atoms. The number of furan rings is 1. The second-order valence-corrected chi connectivity index (χ2v) is 5.04. The molecule has 17 heavy (non-hydrogen) atoms. The molecule has 2 rings (SSSR count). The van der Waals surface area contributed by atoms with Gasteiger partial charge in [-0.3, -0.25) is 4.79 Å². The van der Waals surface area contributed by atoms with E-state index in [-0.39, 0.29) is 24.4 Å². The van der Waals surface area contributed by atoms with Gasteiger partial charge in [-0.1, -0.05) is 0 Å². The molecule has 0 spiro atoms. The number of hydrogen-bond donors (Lipinski definition) is 2. The molecule has 0 unspecified atom stereocenters. The van der Waals surface area contributed by atoms with Crippen LogP contribution >= 0.6 is 28.3 Å². The molecule has 3 N–H and O–H groups in total. The minimum absolute atomic E-state index is 0. The lowest BCUT2D eigenvalue weighted by molar-refractivity contribution is 0.0896. The third-order valence-corrected chi connectivity index (χ3v) is 3.55. The predicted octanol–water partition coefficient (Wildman–Crippen LogP) is 2.46. The Morgan fingerprint density at radius 2 is 2.06 bits per heavy atom. The van der Waals surface area contributed by atoms with Gasteiger partial charge in [0.2, 0.25) is 5.76 Å². The van der Waals surface area contributed by atoms with E-state index in [1.54, 1.807) is 6.07 Å². The first-order chi connectivity index (χ1) is 7.66. The molecule has 0 atom stereocenters. The number of amides is 1. The summed E-state index contributed by atoms with van der Waals surface area (Å²) >= 11 is 3.27. The summed E-state index contributed by atoms with van der Waals surface area (Å²) in [6.45, 7) is 0. The van der Waals surface area contributed by atoms with Crippen molar-refractivity contribution in [3.05, 3.63) is 22.6 Å². The number of nitrogens with two attached hydrogens (primary N) is 1. The number of nitrogens with one attached hydrogen (secondary N) is 1. The molecule has 4 nitrogen and oxygen atoms in total. The van der Waals surface area contributed by atoms with Gasteiger partial charge in [0.1, 0.15) is 0 Å². The largest absolute Gasteiger partial charge is 0.458 e. The van der Waals surface area contributed by atoms with Crippen LogP contribution in [0, 0.1) is 0 Å². The van der Waals surface area contributed by atoms with E-state index in [0.29, 0.717) is 16.3 Å². The fourth-order valence-electron chi connectivity index (χ4n) is 1.97. The Morgan fingerprint density at radius 3 is 2.59 bits per heavy atom. The van der Waals surface area contributed by atoms with E-state index >= 15 is 0 Å². The Labute approximate surface area is 115 Å². The smallest absolute Gasteiger partial charge is 0.288 e. The molecule has 1 aromatic rings. The van der Waals surface area contributed by atoms with Crippen LogP contribution in [0.25, 0.3) is 0 Å². The first kappa shape index (κ1) is 14.5. The van der Waals surface area contributed by atoms with Crippen molar-refractivity contribution in [1.82, 2.24) is 5.32 Å². The Kier molecular flexibility index (Phi) is 5.49. The number of carbonyl (C=O) groups excluding carboxylic acids is 1. The van der Waals surface area contributed by atoms with Gasteiger partial charge in [0.05, 0.1) is 10.7 Å². The van der Waals surface area contributed by atoms with E-state index in [4.69, 9.17) is 10.2 Å². The highest BCUT2D eigenvalue weighted by Gasteiger charge is 2.22. The van der Waals surface area contributed by atoms with Crippen LogP contribution in [-0.2, 0) is 0 Å². The van der Waals surface area contributed by atoms with E-state index in [1.807, 2.05) is 0 Å². The fourth-order valence-corrected chi connectivity index (χ4v) is 2.35. The molecule has 1 fully saturated rings. The molecule has 6 heteroatoms. The number of halogens is 2. The number of rotatable bonds is 2. The molecule has 96 valence electrons. The van der Waals surface area contributed by atoms with Crippen molar-refractivity contribution in [2.75, 3.05) is 0 Å². The van der Waals surface area contributed by atoms with Crippen molar-refractivity contribution in [1.29, 1.82) is 0 Å². The van der Waals surface area contributed by atoms with E-state index in [1.165, 1.54) is 6.26 Å². The Balaban J connectivity index is 0.00000144. The van der Waals surface area contributed by atoms with Gasteiger partial charge in [-0.15, -0.1) is 12.4 Å². The summed E-state index contributed by atoms with van der Waals surface area (Å²) in [6, 6.07) is 2.24. The zero-order valence-electron chi connectivity index (χ0n) is 9.32. The van der Waals surface area contributed by atoms with E-state index in [2.05, 4.69) is 21.2 Å². The maximum Gasteiger partial charge on any atom is 0.288 e. The summed E-state index contributed by atoms with van der Waals surface area (Å²) in [5, 5.41) is 2.96. The fraction of sp³-hybridized carbons (Fsp3) is 0.545. The topological polar surface area (TPSA) is 68.3 Å². The van der Waals surface area contributed by atoms with Crippen LogP contribution in [-0.4, -0.2) is 18.0 Å². The van der Waals surface area contributed by atoms with E-state index in [9.17, 15) is 4.79 Å². The van der Waals surface area contributed by atoms with Gasteiger partial charge in [0, 0.05) is 12.1 Å². The lowest BCUT2D eigenvalue weighted by Gasteiger charge is -2.26. The molecule has 1 amide bonds. The van der Waals surface area contributed by atoms with Gasteiger partial charge in [0.15, 0.2) is 0 Å². The zero-order valence-corrected chi connectivity index (χ0v) is 11.7. The van der Waals surface area contributed by atoms with E-state index in [0.717, 1.165) is 25.7 Å². The SMILES string of the molecule is Cl.NC1CCC(NC(=O)c2occc2Br)CC1. The van der Waals surface area contributed by atoms with Crippen molar-refractivity contribution < 1.29 is 9.21 Å². The second-order valence-electron chi connectivity index (χ2n) is 4.18. The van der Waals surface area contributed by atoms with Gasteiger partial charge in [-0.05, 0) is 47.7 Å². The first-order valence-corrected chi connectivity index (χ1v) is 6.25. The van der Waals surface area contributed by atoms with Crippen LogP contribution in [0.3, 0.4) is 0 Å². The summed E-state index contributed by atoms with van der Waals surface area (Å²) in [4.78, 5) is 11.8. The Bertz CT molecular complexity index is 375. The highest BCUT2D eigenvalue weighted by atomic mass is 79.9. The average molecular weight is 324 g/mol. The van der Waals surface area contributed by atoms with Crippen LogP contribution in [0.5, 0.6) is 0 Å². The third kappa shape index (κ3) is 3.72. The molecule has 0 aliphatic heterocycles. The number of hydrogen-bond acceptors (Lipinski definition) is 3. The molecule has 0 radical (unpaired) electrons. The molecule has 0 saturated heterocycles. The summed E-state index contributed by atoms with van der Waals surface area (Å²) in [7, 11) is 0. The molecule has 0 aromatic carbocycles. The highest BCUT2D eigenvalue weighted by Crippen LogP contribution is 2.20.